The van der Waals surface area contributed by atoms with Crippen molar-refractivity contribution in [3.8, 4) is 22.6 Å². The highest BCUT2D eigenvalue weighted by Gasteiger charge is 2.22. The van der Waals surface area contributed by atoms with Gasteiger partial charge in [0, 0.05) is 0 Å². The number of benzene rings is 2. The summed E-state index contributed by atoms with van der Waals surface area (Å²) in [5.74, 6) is 2.01. The second-order valence-corrected chi connectivity index (χ2v) is 10.1. The van der Waals surface area contributed by atoms with E-state index in [9.17, 15) is 0 Å². The maximum absolute atomic E-state index is 6.27. The molecule has 0 aliphatic heterocycles. The molecule has 28 heavy (non-hydrogen) atoms. The molecule has 0 heterocycles. The van der Waals surface area contributed by atoms with Crippen molar-refractivity contribution in [1.29, 1.82) is 0 Å². The summed E-state index contributed by atoms with van der Waals surface area (Å²) < 4.78 is 12.5. The predicted molar refractivity (Wildman–Crippen MR) is 121 cm³/mol. The lowest BCUT2D eigenvalue weighted by Crippen LogP contribution is -2.24. The monoisotopic (exact) mass is 382 g/mol. The van der Waals surface area contributed by atoms with Crippen LogP contribution in [0.3, 0.4) is 0 Å². The van der Waals surface area contributed by atoms with E-state index in [0.29, 0.717) is 0 Å². The lowest BCUT2D eigenvalue weighted by molar-refractivity contribution is 0.128. The summed E-state index contributed by atoms with van der Waals surface area (Å²) in [7, 11) is 0. The molecule has 0 atom stereocenters. The van der Waals surface area contributed by atoms with Gasteiger partial charge in [-0.15, -0.1) is 0 Å². The molecule has 0 spiro atoms. The fraction of sp³-hybridized carbons (Fsp3) is 0.538. The van der Waals surface area contributed by atoms with Crippen LogP contribution < -0.4 is 9.47 Å². The highest BCUT2D eigenvalue weighted by atomic mass is 16.5. The van der Waals surface area contributed by atoms with E-state index >= 15 is 0 Å². The average Bonchev–Trinajstić information content (AvgIpc) is 2.53. The van der Waals surface area contributed by atoms with Crippen LogP contribution in [0.15, 0.2) is 12.1 Å². The maximum Gasteiger partial charge on any atom is 0.126 e. The Balaban J connectivity index is 2.66. The lowest BCUT2D eigenvalue weighted by Gasteiger charge is -2.28. The molecule has 0 fully saturated rings. The molecule has 0 aromatic heterocycles. The minimum atomic E-state index is -0.210. The Morgan fingerprint density at radius 1 is 0.500 bits per heavy atom. The zero-order valence-electron chi connectivity index (χ0n) is 20.0. The van der Waals surface area contributed by atoms with E-state index in [1.165, 1.54) is 44.5 Å². The average molecular weight is 383 g/mol. The molecule has 2 rings (SSSR count). The highest BCUT2D eigenvalue weighted by Crippen LogP contribution is 2.41. The van der Waals surface area contributed by atoms with E-state index < -0.39 is 0 Å². The van der Waals surface area contributed by atoms with Gasteiger partial charge >= 0.3 is 0 Å². The first-order valence-corrected chi connectivity index (χ1v) is 10.2. The van der Waals surface area contributed by atoms with E-state index in [1.807, 2.05) is 0 Å². The fourth-order valence-corrected chi connectivity index (χ4v) is 3.60. The van der Waals surface area contributed by atoms with Crippen LogP contribution in [-0.2, 0) is 0 Å². The Labute approximate surface area is 172 Å². The van der Waals surface area contributed by atoms with E-state index in [1.54, 1.807) is 0 Å². The molecule has 2 aromatic rings. The summed E-state index contributed by atoms with van der Waals surface area (Å²) in [6, 6.07) is 4.55. The molecule has 0 bridgehead atoms. The second-order valence-electron chi connectivity index (χ2n) is 10.1. The molecule has 0 aliphatic carbocycles. The molecule has 0 saturated carbocycles. The summed E-state index contributed by atoms with van der Waals surface area (Å²) >= 11 is 0. The molecule has 0 aliphatic rings. The molecule has 2 aromatic carbocycles. The fourth-order valence-electron chi connectivity index (χ4n) is 3.60. The largest absolute Gasteiger partial charge is 0.488 e. The van der Waals surface area contributed by atoms with Crippen LogP contribution >= 0.6 is 0 Å². The van der Waals surface area contributed by atoms with Gasteiger partial charge in [0.15, 0.2) is 0 Å². The predicted octanol–water partition coefficient (Wildman–Crippen LogP) is 7.56. The van der Waals surface area contributed by atoms with Crippen molar-refractivity contribution in [1.82, 2.24) is 0 Å². The van der Waals surface area contributed by atoms with Crippen LogP contribution in [0.1, 0.15) is 74.9 Å². The van der Waals surface area contributed by atoms with Gasteiger partial charge in [-0.2, -0.15) is 0 Å². The summed E-state index contributed by atoms with van der Waals surface area (Å²) in [6.07, 6.45) is 0. The molecule has 0 amide bonds. The van der Waals surface area contributed by atoms with Crippen molar-refractivity contribution in [2.75, 3.05) is 0 Å². The van der Waals surface area contributed by atoms with Crippen molar-refractivity contribution < 1.29 is 9.47 Å². The van der Waals surface area contributed by atoms with Gasteiger partial charge in [-0.25, -0.2) is 0 Å². The first-order valence-electron chi connectivity index (χ1n) is 10.2. The lowest BCUT2D eigenvalue weighted by atomic mass is 9.88. The molecule has 2 nitrogen and oxygen atoms in total. The van der Waals surface area contributed by atoms with Crippen molar-refractivity contribution in [2.24, 2.45) is 0 Å². The van der Waals surface area contributed by atoms with Crippen molar-refractivity contribution in [3.63, 3.8) is 0 Å². The summed E-state index contributed by atoms with van der Waals surface area (Å²) in [5, 5.41) is 0. The standard InChI is InChI=1S/C26H38O2/c1-15-13-21(17(3)19(5)23(15)27-25(7,8)9)22-14-16(2)24(20(6)18(22)4)28-26(10,11)12/h13-14H,1-12H3. The van der Waals surface area contributed by atoms with Crippen LogP contribution in [0.2, 0.25) is 0 Å². The molecule has 0 N–H and O–H groups in total. The van der Waals surface area contributed by atoms with Crippen LogP contribution in [0.25, 0.3) is 11.1 Å². The first-order chi connectivity index (χ1) is 12.6. The summed E-state index contributed by atoms with van der Waals surface area (Å²) in [5.41, 5.74) is 9.48. The van der Waals surface area contributed by atoms with Crippen LogP contribution in [0.4, 0.5) is 0 Å². The topological polar surface area (TPSA) is 18.5 Å². The summed E-state index contributed by atoms with van der Waals surface area (Å²) in [4.78, 5) is 0. The van der Waals surface area contributed by atoms with Gasteiger partial charge in [0.1, 0.15) is 22.7 Å². The zero-order chi connectivity index (χ0) is 21.6. The number of rotatable bonds is 3. The third-order valence-electron chi connectivity index (χ3n) is 5.16. The van der Waals surface area contributed by atoms with Crippen molar-refractivity contribution >= 4 is 0 Å². The van der Waals surface area contributed by atoms with Gasteiger partial charge < -0.3 is 9.47 Å². The van der Waals surface area contributed by atoms with E-state index in [2.05, 4.69) is 95.2 Å². The summed E-state index contributed by atoms with van der Waals surface area (Å²) in [6.45, 7) is 25.6. The Bertz CT molecular complexity index is 815. The number of aryl methyl sites for hydroxylation is 2. The van der Waals surface area contributed by atoms with Gasteiger partial charge in [0.2, 0.25) is 0 Å². The molecule has 2 heteroatoms. The van der Waals surface area contributed by atoms with Gasteiger partial charge in [-0.05, 0) is 140 Å². The first kappa shape index (κ1) is 22.3. The quantitative estimate of drug-likeness (QED) is 0.545. The third-order valence-corrected chi connectivity index (χ3v) is 5.16. The zero-order valence-corrected chi connectivity index (χ0v) is 20.0. The SMILES string of the molecule is Cc1cc(-c2cc(C)c(OC(C)(C)C)c(C)c2C)c(C)c(C)c1OC(C)(C)C. The van der Waals surface area contributed by atoms with Crippen LogP contribution in [-0.4, -0.2) is 11.2 Å². The molecule has 0 unspecified atom stereocenters. The van der Waals surface area contributed by atoms with Gasteiger partial charge in [-0.3, -0.25) is 0 Å². The minimum Gasteiger partial charge on any atom is -0.488 e. The Morgan fingerprint density at radius 2 is 0.786 bits per heavy atom. The van der Waals surface area contributed by atoms with Crippen molar-refractivity contribution in [3.05, 3.63) is 45.5 Å². The van der Waals surface area contributed by atoms with Crippen molar-refractivity contribution in [2.45, 2.75) is 94.3 Å². The molecule has 154 valence electrons. The molecule has 0 saturated heterocycles. The molecular formula is C26H38O2. The van der Waals surface area contributed by atoms with Gasteiger partial charge in [0.05, 0.1) is 0 Å². The normalized spacial score (nSPS) is 12.3. The highest BCUT2D eigenvalue weighted by molar-refractivity contribution is 5.77. The van der Waals surface area contributed by atoms with E-state index in [0.717, 1.165) is 11.5 Å². The Hall–Kier alpha value is -1.96. The third kappa shape index (κ3) is 4.71. The molecular weight excluding hydrogens is 344 g/mol. The van der Waals surface area contributed by atoms with Gasteiger partial charge in [-0.1, -0.05) is 0 Å². The van der Waals surface area contributed by atoms with Gasteiger partial charge in [0.25, 0.3) is 0 Å². The Kier molecular flexibility index (Phi) is 5.95. The van der Waals surface area contributed by atoms with E-state index in [-0.39, 0.29) is 11.2 Å². The number of ether oxygens (including phenoxy) is 2. The van der Waals surface area contributed by atoms with E-state index in [4.69, 9.17) is 9.47 Å². The number of hydrogen-bond acceptors (Lipinski definition) is 2. The van der Waals surface area contributed by atoms with Crippen LogP contribution in [0.5, 0.6) is 11.5 Å². The maximum atomic E-state index is 6.27. The smallest absolute Gasteiger partial charge is 0.126 e. The Morgan fingerprint density at radius 3 is 1.04 bits per heavy atom. The number of hydrogen-bond donors (Lipinski definition) is 0. The minimum absolute atomic E-state index is 0.210. The van der Waals surface area contributed by atoms with Crippen LogP contribution in [0, 0.1) is 41.5 Å². The molecule has 0 radical (unpaired) electrons. The second kappa shape index (κ2) is 7.46.